The van der Waals surface area contributed by atoms with Crippen molar-refractivity contribution in [1.29, 1.82) is 0 Å². The number of alkyl carbamates (subject to hydrolysis) is 1. The molecule has 1 saturated carbocycles. The zero-order valence-corrected chi connectivity index (χ0v) is 24.6. The van der Waals surface area contributed by atoms with Crippen molar-refractivity contribution in [2.45, 2.75) is 70.7 Å². The van der Waals surface area contributed by atoms with E-state index in [9.17, 15) is 14.4 Å². The van der Waals surface area contributed by atoms with Gasteiger partial charge in [0.05, 0.1) is 10.7 Å². The van der Waals surface area contributed by atoms with Crippen LogP contribution >= 0.6 is 23.4 Å². The van der Waals surface area contributed by atoms with Gasteiger partial charge in [-0.25, -0.2) is 4.79 Å². The van der Waals surface area contributed by atoms with Crippen molar-refractivity contribution in [2.75, 3.05) is 17.3 Å². The summed E-state index contributed by atoms with van der Waals surface area (Å²) in [5, 5.41) is 6.09. The molecule has 0 saturated heterocycles. The molecule has 1 aliphatic carbocycles. The summed E-state index contributed by atoms with van der Waals surface area (Å²) in [6.45, 7) is 7.12. The Morgan fingerprint density at radius 1 is 1.18 bits per heavy atom. The predicted molar refractivity (Wildman–Crippen MR) is 158 cm³/mol. The normalized spacial score (nSPS) is 14.5. The maximum absolute atomic E-state index is 14.2. The summed E-state index contributed by atoms with van der Waals surface area (Å²) in [6, 6.07) is 10.3. The minimum Gasteiger partial charge on any atom is -0.444 e. The summed E-state index contributed by atoms with van der Waals surface area (Å²) >= 11 is 7.99. The summed E-state index contributed by atoms with van der Waals surface area (Å²) in [5.74, 6) is 2.49. The maximum atomic E-state index is 14.2. The molecule has 1 aliphatic rings. The van der Waals surface area contributed by atoms with Gasteiger partial charge >= 0.3 is 6.09 Å². The van der Waals surface area contributed by atoms with Crippen molar-refractivity contribution < 1.29 is 19.1 Å². The van der Waals surface area contributed by atoms with E-state index >= 15 is 0 Å². The SMILES string of the molecule is C#Cc1ccccc1C(C(=O)Nc1c(C)cccc1Cl)N(C(=O)C(CCSC)NC(=O)OC(C)(C)C)C1CC1. The Kier molecular flexibility index (Phi) is 10.3. The summed E-state index contributed by atoms with van der Waals surface area (Å²) in [4.78, 5) is 42.6. The number of carbonyl (C=O) groups excluding carboxylic acids is 3. The molecule has 3 amide bonds. The highest BCUT2D eigenvalue weighted by atomic mass is 35.5. The Morgan fingerprint density at radius 3 is 2.46 bits per heavy atom. The molecule has 1 fully saturated rings. The lowest BCUT2D eigenvalue weighted by molar-refractivity contribution is -0.141. The number of aryl methyl sites for hydroxylation is 1. The first-order valence-electron chi connectivity index (χ1n) is 12.9. The van der Waals surface area contributed by atoms with Gasteiger partial charge in [-0.3, -0.25) is 9.59 Å². The van der Waals surface area contributed by atoms with Gasteiger partial charge in [0.25, 0.3) is 5.91 Å². The fourth-order valence-corrected chi connectivity index (χ4v) is 5.00. The Bertz CT molecular complexity index is 1230. The number of hydrogen-bond acceptors (Lipinski definition) is 5. The van der Waals surface area contributed by atoms with Gasteiger partial charge in [0, 0.05) is 11.6 Å². The van der Waals surface area contributed by atoms with Gasteiger partial charge in [0.2, 0.25) is 5.91 Å². The van der Waals surface area contributed by atoms with Crippen LogP contribution < -0.4 is 10.6 Å². The molecule has 3 rings (SSSR count). The smallest absolute Gasteiger partial charge is 0.408 e. The summed E-state index contributed by atoms with van der Waals surface area (Å²) in [5.41, 5.74) is 1.57. The molecule has 208 valence electrons. The molecule has 0 radical (unpaired) electrons. The summed E-state index contributed by atoms with van der Waals surface area (Å²) in [6.07, 6.45) is 8.91. The molecular formula is C30H36ClN3O4S. The highest BCUT2D eigenvalue weighted by molar-refractivity contribution is 7.98. The van der Waals surface area contributed by atoms with Crippen LogP contribution in [0.1, 0.15) is 62.8 Å². The van der Waals surface area contributed by atoms with E-state index in [1.165, 1.54) is 0 Å². The van der Waals surface area contributed by atoms with Crippen LogP contribution in [0.25, 0.3) is 0 Å². The van der Waals surface area contributed by atoms with Crippen LogP contribution in [0.4, 0.5) is 10.5 Å². The lowest BCUT2D eigenvalue weighted by Crippen LogP contribution is -2.53. The number of para-hydroxylation sites is 1. The van der Waals surface area contributed by atoms with Crippen LogP contribution in [-0.4, -0.2) is 52.5 Å². The van der Waals surface area contributed by atoms with Gasteiger partial charge < -0.3 is 20.3 Å². The molecule has 39 heavy (non-hydrogen) atoms. The number of halogens is 1. The van der Waals surface area contributed by atoms with Crippen molar-refractivity contribution in [3.63, 3.8) is 0 Å². The van der Waals surface area contributed by atoms with Gasteiger partial charge in [-0.15, -0.1) is 6.42 Å². The third-order valence-electron chi connectivity index (χ3n) is 6.20. The lowest BCUT2D eigenvalue weighted by atomic mass is 9.97. The number of benzene rings is 2. The fourth-order valence-electron chi connectivity index (χ4n) is 4.26. The third-order valence-corrected chi connectivity index (χ3v) is 7.16. The van der Waals surface area contributed by atoms with Crippen molar-refractivity contribution >= 4 is 47.0 Å². The van der Waals surface area contributed by atoms with Gasteiger partial charge in [0.1, 0.15) is 17.7 Å². The number of hydrogen-bond donors (Lipinski definition) is 2. The molecule has 2 N–H and O–H groups in total. The van der Waals surface area contributed by atoms with Crippen LogP contribution in [0.5, 0.6) is 0 Å². The second-order valence-corrected chi connectivity index (χ2v) is 11.9. The van der Waals surface area contributed by atoms with Crippen LogP contribution in [0, 0.1) is 19.3 Å². The van der Waals surface area contributed by atoms with Crippen molar-refractivity contribution in [2.24, 2.45) is 0 Å². The Hall–Kier alpha value is -3.15. The van der Waals surface area contributed by atoms with Gasteiger partial charge in [0.15, 0.2) is 0 Å². The number of terminal acetylenes is 1. The molecule has 2 aromatic carbocycles. The van der Waals surface area contributed by atoms with Crippen molar-refractivity contribution in [3.8, 4) is 12.3 Å². The van der Waals surface area contributed by atoms with E-state index in [4.69, 9.17) is 22.8 Å². The number of nitrogens with one attached hydrogen (secondary N) is 2. The van der Waals surface area contributed by atoms with E-state index in [1.54, 1.807) is 73.8 Å². The highest BCUT2D eigenvalue weighted by Crippen LogP contribution is 2.38. The van der Waals surface area contributed by atoms with Gasteiger partial charge in [-0.2, -0.15) is 11.8 Å². The standard InChI is InChI=1S/C30H36ClN3O4S/c1-7-20-12-8-9-13-22(20)26(27(35)33-25-19(2)11-10-14-23(25)31)34(21-15-16-21)28(36)24(17-18-39-6)32-29(37)38-30(3,4)5/h1,8-14,21,24,26H,15-18H2,2-6H3,(H,32,37)(H,33,35). The monoisotopic (exact) mass is 569 g/mol. The van der Waals surface area contributed by atoms with Crippen LogP contribution in [-0.2, 0) is 14.3 Å². The largest absolute Gasteiger partial charge is 0.444 e. The molecule has 0 spiro atoms. The first-order chi connectivity index (χ1) is 18.5. The van der Waals surface area contributed by atoms with Crippen molar-refractivity contribution in [3.05, 3.63) is 64.2 Å². The molecule has 2 aromatic rings. The number of carbonyl (C=O) groups is 3. The quantitative estimate of drug-likeness (QED) is 0.345. The molecule has 2 atom stereocenters. The van der Waals surface area contributed by atoms with Gasteiger partial charge in [-0.05, 0) is 82.2 Å². The minimum absolute atomic E-state index is 0.177. The maximum Gasteiger partial charge on any atom is 0.408 e. The number of thioether (sulfide) groups is 1. The number of anilines is 1. The van der Waals surface area contributed by atoms with E-state index in [-0.39, 0.29) is 11.9 Å². The molecule has 0 aliphatic heterocycles. The van der Waals surface area contributed by atoms with E-state index in [2.05, 4.69) is 16.6 Å². The van der Waals surface area contributed by atoms with Crippen LogP contribution in [0.2, 0.25) is 5.02 Å². The minimum atomic E-state index is -1.04. The number of rotatable bonds is 10. The second-order valence-electron chi connectivity index (χ2n) is 10.5. The number of ether oxygens (including phenoxy) is 1. The third kappa shape index (κ3) is 8.17. The number of amides is 3. The Labute approximate surface area is 240 Å². The van der Waals surface area contributed by atoms with E-state index in [0.717, 1.165) is 18.4 Å². The average molecular weight is 570 g/mol. The molecule has 0 bridgehead atoms. The second kappa shape index (κ2) is 13.3. The van der Waals surface area contributed by atoms with Crippen molar-refractivity contribution in [1.82, 2.24) is 10.2 Å². The molecule has 2 unspecified atom stereocenters. The first-order valence-corrected chi connectivity index (χ1v) is 14.7. The number of nitrogens with zero attached hydrogens (tertiary/aromatic N) is 1. The Balaban J connectivity index is 2.05. The average Bonchev–Trinajstić information content (AvgIpc) is 3.71. The first kappa shape index (κ1) is 30.4. The molecule has 0 heterocycles. The van der Waals surface area contributed by atoms with Gasteiger partial charge in [-0.1, -0.05) is 47.9 Å². The lowest BCUT2D eigenvalue weighted by Gasteiger charge is -2.35. The van der Waals surface area contributed by atoms with E-state index in [1.807, 2.05) is 19.2 Å². The molecular weight excluding hydrogens is 534 g/mol. The zero-order valence-electron chi connectivity index (χ0n) is 23.0. The van der Waals surface area contributed by atoms with E-state index in [0.29, 0.717) is 34.0 Å². The molecule has 9 heteroatoms. The van der Waals surface area contributed by atoms with Crippen LogP contribution in [0.15, 0.2) is 42.5 Å². The topological polar surface area (TPSA) is 87.7 Å². The summed E-state index contributed by atoms with van der Waals surface area (Å²) in [7, 11) is 0. The molecule has 0 aromatic heterocycles. The highest BCUT2D eigenvalue weighted by Gasteiger charge is 2.44. The predicted octanol–water partition coefficient (Wildman–Crippen LogP) is 5.95. The zero-order chi connectivity index (χ0) is 28.7. The molecule has 7 nitrogen and oxygen atoms in total. The summed E-state index contributed by atoms with van der Waals surface area (Å²) < 4.78 is 5.44. The van der Waals surface area contributed by atoms with E-state index < -0.39 is 29.7 Å². The van der Waals surface area contributed by atoms with Crippen LogP contribution in [0.3, 0.4) is 0 Å². The Morgan fingerprint density at radius 2 is 1.87 bits per heavy atom. The fraction of sp³-hybridized carbons (Fsp3) is 0.433.